The topological polar surface area (TPSA) is 58.6 Å². The van der Waals surface area contributed by atoms with Gasteiger partial charge >= 0.3 is 5.97 Å². The van der Waals surface area contributed by atoms with Gasteiger partial charge in [0.2, 0.25) is 0 Å². The predicted molar refractivity (Wildman–Crippen MR) is 32.2 cm³/mol. The average molecular weight is 129 g/mol. The molecular formula is C4H8BNO3. The molecular weight excluding hydrogens is 121 g/mol. The van der Waals surface area contributed by atoms with E-state index in [4.69, 9.17) is 13.1 Å². The van der Waals surface area contributed by atoms with E-state index in [0.29, 0.717) is 0 Å². The molecule has 0 saturated carbocycles. The summed E-state index contributed by atoms with van der Waals surface area (Å²) in [4.78, 5) is 10.1. The smallest absolute Gasteiger partial charge is 0.322 e. The van der Waals surface area contributed by atoms with Crippen molar-refractivity contribution in [2.45, 2.75) is 6.04 Å². The van der Waals surface area contributed by atoms with Crippen LogP contribution in [0.15, 0.2) is 0 Å². The summed E-state index contributed by atoms with van der Waals surface area (Å²) in [5.41, 5.74) is 0. The first-order chi connectivity index (χ1) is 4.22. The first-order valence-electron chi connectivity index (χ1n) is 2.40. The Labute approximate surface area is 54.6 Å². The summed E-state index contributed by atoms with van der Waals surface area (Å²) in [6.07, 6.45) is 0. The third-order valence-corrected chi connectivity index (χ3v) is 0.833. The van der Waals surface area contributed by atoms with Gasteiger partial charge in [0.15, 0.2) is 7.98 Å². The van der Waals surface area contributed by atoms with Crippen molar-refractivity contribution in [2.75, 3.05) is 13.7 Å². The Hall–Kier alpha value is -0.545. The lowest BCUT2D eigenvalue weighted by Crippen LogP contribution is -2.38. The molecule has 0 amide bonds. The number of methoxy groups -OCH3 is 1. The van der Waals surface area contributed by atoms with Crippen LogP contribution >= 0.6 is 0 Å². The lowest BCUT2D eigenvalue weighted by molar-refractivity contribution is -0.140. The van der Waals surface area contributed by atoms with Crippen molar-refractivity contribution in [3.63, 3.8) is 0 Å². The molecule has 2 N–H and O–H groups in total. The zero-order valence-electron chi connectivity index (χ0n) is 5.13. The Morgan fingerprint density at radius 3 is 2.67 bits per heavy atom. The number of ether oxygens (including phenoxy) is 1. The first-order valence-corrected chi connectivity index (χ1v) is 2.40. The second kappa shape index (κ2) is 4.35. The van der Waals surface area contributed by atoms with Crippen LogP contribution in [0, 0.1) is 0 Å². The molecule has 9 heavy (non-hydrogen) atoms. The highest BCUT2D eigenvalue weighted by Crippen LogP contribution is 1.81. The summed E-state index contributed by atoms with van der Waals surface area (Å²) >= 11 is 0. The van der Waals surface area contributed by atoms with E-state index in [0.717, 1.165) is 0 Å². The van der Waals surface area contributed by atoms with Crippen LogP contribution in [0.25, 0.3) is 0 Å². The summed E-state index contributed by atoms with van der Waals surface area (Å²) in [5.74, 6) is -1.01. The summed E-state index contributed by atoms with van der Waals surface area (Å²) in [5, 5.41) is 10.4. The lowest BCUT2D eigenvalue weighted by atomic mass is 10.2. The zero-order valence-corrected chi connectivity index (χ0v) is 5.13. The molecule has 0 aliphatic rings. The average Bonchev–Trinajstić information content (AvgIpc) is 1.82. The van der Waals surface area contributed by atoms with Gasteiger partial charge in [0.05, 0.1) is 6.61 Å². The van der Waals surface area contributed by atoms with Gasteiger partial charge in [0.1, 0.15) is 6.04 Å². The Bertz CT molecular complexity index is 97.8. The van der Waals surface area contributed by atoms with Crippen molar-refractivity contribution in [2.24, 2.45) is 0 Å². The van der Waals surface area contributed by atoms with E-state index in [1.807, 2.05) is 0 Å². The van der Waals surface area contributed by atoms with Gasteiger partial charge in [-0.2, -0.15) is 0 Å². The molecule has 0 aromatic rings. The minimum atomic E-state index is -1.01. The van der Waals surface area contributed by atoms with Gasteiger partial charge in [0, 0.05) is 7.11 Å². The molecule has 0 aliphatic heterocycles. The fraction of sp³-hybridized carbons (Fsp3) is 0.750. The Morgan fingerprint density at radius 2 is 2.56 bits per heavy atom. The number of nitrogens with one attached hydrogen (secondary N) is 1. The Balaban J connectivity index is 3.54. The van der Waals surface area contributed by atoms with Gasteiger partial charge in [-0.3, -0.25) is 4.79 Å². The highest BCUT2D eigenvalue weighted by molar-refractivity contribution is 6.06. The highest BCUT2D eigenvalue weighted by Gasteiger charge is 2.12. The monoisotopic (exact) mass is 129 g/mol. The fourth-order valence-electron chi connectivity index (χ4n) is 0.357. The quantitative estimate of drug-likeness (QED) is 0.466. The van der Waals surface area contributed by atoms with Crippen molar-refractivity contribution >= 4 is 14.0 Å². The van der Waals surface area contributed by atoms with Crippen LogP contribution in [0.3, 0.4) is 0 Å². The van der Waals surface area contributed by atoms with Crippen molar-refractivity contribution < 1.29 is 14.6 Å². The van der Waals surface area contributed by atoms with Crippen molar-refractivity contribution in [3.05, 3.63) is 0 Å². The SMILES string of the molecule is [B]NC(COC)C(=O)O. The molecule has 5 heteroatoms. The normalized spacial score (nSPS) is 13.0. The van der Waals surface area contributed by atoms with Crippen LogP contribution in [0.5, 0.6) is 0 Å². The summed E-state index contributed by atoms with van der Waals surface area (Å²) in [7, 11) is 6.26. The molecule has 2 radical (unpaired) electrons. The molecule has 1 unspecified atom stereocenters. The third kappa shape index (κ3) is 3.10. The summed E-state index contributed by atoms with van der Waals surface area (Å²) in [6.45, 7) is 0.0752. The maximum Gasteiger partial charge on any atom is 0.322 e. The number of aliphatic carboxylic acids is 1. The maximum atomic E-state index is 10.1. The van der Waals surface area contributed by atoms with Crippen LogP contribution in [0.2, 0.25) is 0 Å². The largest absolute Gasteiger partial charge is 0.480 e. The van der Waals surface area contributed by atoms with Gasteiger partial charge in [0.25, 0.3) is 0 Å². The lowest BCUT2D eigenvalue weighted by Gasteiger charge is -2.08. The Kier molecular flexibility index (Phi) is 4.08. The van der Waals surface area contributed by atoms with Gasteiger partial charge in [-0.05, 0) is 0 Å². The number of rotatable bonds is 4. The molecule has 0 saturated heterocycles. The predicted octanol–water partition coefficient (Wildman–Crippen LogP) is -1.24. The van der Waals surface area contributed by atoms with E-state index >= 15 is 0 Å². The van der Waals surface area contributed by atoms with Crippen LogP contribution in [0.1, 0.15) is 0 Å². The molecule has 50 valence electrons. The second-order valence-corrected chi connectivity index (χ2v) is 1.51. The Morgan fingerprint density at radius 1 is 2.00 bits per heavy atom. The van der Waals surface area contributed by atoms with Gasteiger partial charge in [-0.15, -0.1) is 0 Å². The van der Waals surface area contributed by atoms with Crippen molar-refractivity contribution in [1.29, 1.82) is 0 Å². The molecule has 0 heterocycles. The number of hydrogen-bond donors (Lipinski definition) is 2. The van der Waals surface area contributed by atoms with E-state index < -0.39 is 12.0 Å². The molecule has 0 aromatic carbocycles. The molecule has 0 aliphatic carbocycles. The molecule has 0 rings (SSSR count). The summed E-state index contributed by atoms with van der Waals surface area (Å²) < 4.78 is 4.53. The number of hydrogen-bond acceptors (Lipinski definition) is 3. The van der Waals surface area contributed by atoms with E-state index in [9.17, 15) is 4.79 Å². The second-order valence-electron chi connectivity index (χ2n) is 1.51. The summed E-state index contributed by atoms with van der Waals surface area (Å²) in [6, 6.07) is -0.810. The minimum absolute atomic E-state index is 0.0752. The third-order valence-electron chi connectivity index (χ3n) is 0.833. The van der Waals surface area contributed by atoms with Gasteiger partial charge < -0.3 is 15.1 Å². The molecule has 0 aromatic heterocycles. The maximum absolute atomic E-state index is 10.1. The molecule has 0 spiro atoms. The van der Waals surface area contributed by atoms with Crippen LogP contribution in [0.4, 0.5) is 0 Å². The van der Waals surface area contributed by atoms with E-state index in [1.165, 1.54) is 7.11 Å². The zero-order chi connectivity index (χ0) is 7.28. The van der Waals surface area contributed by atoms with E-state index in [2.05, 4.69) is 9.96 Å². The van der Waals surface area contributed by atoms with Gasteiger partial charge in [-0.1, -0.05) is 0 Å². The van der Waals surface area contributed by atoms with E-state index in [1.54, 1.807) is 0 Å². The number of carboxylic acids is 1. The number of carbonyl (C=O) groups is 1. The first kappa shape index (κ1) is 8.45. The standard InChI is InChI=1S/C4H8BNO3/c1-9-2-3(6-5)4(7)8/h3,6H,2H2,1H3,(H,7,8). The molecule has 1 atom stereocenters. The van der Waals surface area contributed by atoms with Gasteiger partial charge in [-0.25, -0.2) is 0 Å². The minimum Gasteiger partial charge on any atom is -0.480 e. The fourth-order valence-corrected chi connectivity index (χ4v) is 0.357. The van der Waals surface area contributed by atoms with Crippen LogP contribution in [-0.4, -0.2) is 38.8 Å². The highest BCUT2D eigenvalue weighted by atomic mass is 16.5. The van der Waals surface area contributed by atoms with Crippen molar-refractivity contribution in [3.8, 4) is 0 Å². The van der Waals surface area contributed by atoms with Crippen molar-refractivity contribution in [1.82, 2.24) is 5.23 Å². The van der Waals surface area contributed by atoms with Crippen LogP contribution < -0.4 is 5.23 Å². The van der Waals surface area contributed by atoms with Crippen LogP contribution in [-0.2, 0) is 9.53 Å². The molecule has 0 fully saturated rings. The van der Waals surface area contributed by atoms with E-state index in [-0.39, 0.29) is 6.61 Å². The molecule has 0 bridgehead atoms. The number of carboxylic acid groups (broad SMARTS) is 1. The molecule has 4 nitrogen and oxygen atoms in total.